The molecule has 2 aromatic rings. The fourth-order valence-electron chi connectivity index (χ4n) is 2.13. The molecule has 2 heterocycles. The van der Waals surface area contributed by atoms with Crippen molar-refractivity contribution in [2.75, 3.05) is 0 Å². The molecule has 1 N–H and O–H groups in total. The highest BCUT2D eigenvalue weighted by Gasteiger charge is 2.10. The molecule has 1 atom stereocenters. The Morgan fingerprint density at radius 1 is 1.32 bits per heavy atom. The van der Waals surface area contributed by atoms with Crippen LogP contribution >= 0.6 is 0 Å². The van der Waals surface area contributed by atoms with E-state index in [0.717, 1.165) is 29.9 Å². The summed E-state index contributed by atoms with van der Waals surface area (Å²) < 4.78 is 3.87. The zero-order chi connectivity index (χ0) is 13.8. The second kappa shape index (κ2) is 6.02. The number of aliphatic hydroxyl groups excluding tert-OH is 1. The van der Waals surface area contributed by atoms with E-state index in [9.17, 15) is 5.11 Å². The van der Waals surface area contributed by atoms with Gasteiger partial charge in [-0.05, 0) is 25.8 Å². The van der Waals surface area contributed by atoms with E-state index in [-0.39, 0.29) is 0 Å². The molecule has 0 bridgehead atoms. The Morgan fingerprint density at radius 2 is 2.11 bits per heavy atom. The molecule has 1 unspecified atom stereocenters. The van der Waals surface area contributed by atoms with Crippen molar-refractivity contribution in [3.63, 3.8) is 0 Å². The summed E-state index contributed by atoms with van der Waals surface area (Å²) in [7, 11) is 0. The van der Waals surface area contributed by atoms with Crippen LogP contribution in [0.2, 0.25) is 0 Å². The van der Waals surface area contributed by atoms with E-state index >= 15 is 0 Å². The van der Waals surface area contributed by atoms with E-state index in [1.807, 2.05) is 22.5 Å². The van der Waals surface area contributed by atoms with Gasteiger partial charge in [-0.3, -0.25) is 9.36 Å². The van der Waals surface area contributed by atoms with E-state index in [0.29, 0.717) is 13.0 Å². The number of nitrogens with zero attached hydrogens (tertiary/aromatic N) is 4. The van der Waals surface area contributed by atoms with Gasteiger partial charge in [0.15, 0.2) is 0 Å². The molecular weight excluding hydrogens is 240 g/mol. The van der Waals surface area contributed by atoms with Crippen LogP contribution in [0.25, 0.3) is 0 Å². The topological polar surface area (TPSA) is 55.9 Å². The lowest BCUT2D eigenvalue weighted by molar-refractivity contribution is 0.173. The highest BCUT2D eigenvalue weighted by Crippen LogP contribution is 2.15. The van der Waals surface area contributed by atoms with Crippen molar-refractivity contribution in [3.8, 4) is 0 Å². The Balaban J connectivity index is 2.16. The molecule has 2 rings (SSSR count). The Morgan fingerprint density at radius 3 is 2.74 bits per heavy atom. The van der Waals surface area contributed by atoms with Gasteiger partial charge in [0, 0.05) is 18.3 Å². The first-order chi connectivity index (χ1) is 9.17. The zero-order valence-electron chi connectivity index (χ0n) is 11.9. The molecular formula is C14H22N4O. The summed E-state index contributed by atoms with van der Waals surface area (Å²) in [6, 6.07) is 2.13. The average Bonchev–Trinajstić information content (AvgIpc) is 3.05. The quantitative estimate of drug-likeness (QED) is 0.868. The molecule has 19 heavy (non-hydrogen) atoms. The van der Waals surface area contributed by atoms with Gasteiger partial charge >= 0.3 is 0 Å². The molecule has 0 aliphatic rings. The molecule has 5 nitrogen and oxygen atoms in total. The number of hydrogen-bond acceptors (Lipinski definition) is 3. The van der Waals surface area contributed by atoms with Crippen molar-refractivity contribution in [3.05, 3.63) is 35.4 Å². The lowest BCUT2D eigenvalue weighted by Gasteiger charge is -2.05. The van der Waals surface area contributed by atoms with Crippen LogP contribution in [-0.4, -0.2) is 24.7 Å². The van der Waals surface area contributed by atoms with E-state index in [1.54, 1.807) is 6.20 Å². The molecule has 0 radical (unpaired) electrons. The van der Waals surface area contributed by atoms with Crippen molar-refractivity contribution >= 4 is 0 Å². The van der Waals surface area contributed by atoms with E-state index in [2.05, 4.69) is 30.1 Å². The Bertz CT molecular complexity index is 529. The smallest absolute Gasteiger partial charge is 0.0828 e. The molecule has 104 valence electrons. The lowest BCUT2D eigenvalue weighted by atomic mass is 10.2. The largest absolute Gasteiger partial charge is 0.388 e. The summed E-state index contributed by atoms with van der Waals surface area (Å²) in [5, 5.41) is 18.6. The SMILES string of the molecule is CCc1cc(Cn2cc(C(O)CC)cn2)n(CC)n1. The molecule has 5 heteroatoms. The highest BCUT2D eigenvalue weighted by molar-refractivity contribution is 5.13. The van der Waals surface area contributed by atoms with Gasteiger partial charge in [-0.25, -0.2) is 0 Å². The van der Waals surface area contributed by atoms with Gasteiger partial charge in [0.25, 0.3) is 0 Å². The van der Waals surface area contributed by atoms with Gasteiger partial charge in [0.1, 0.15) is 0 Å². The van der Waals surface area contributed by atoms with Gasteiger partial charge in [-0.2, -0.15) is 10.2 Å². The number of rotatable bonds is 6. The first-order valence-corrected chi connectivity index (χ1v) is 6.93. The average molecular weight is 262 g/mol. The third-order valence-corrected chi connectivity index (χ3v) is 3.32. The third-order valence-electron chi connectivity index (χ3n) is 3.32. The number of aryl methyl sites for hydroxylation is 2. The summed E-state index contributed by atoms with van der Waals surface area (Å²) in [4.78, 5) is 0. The fraction of sp³-hybridized carbons (Fsp3) is 0.571. The van der Waals surface area contributed by atoms with Crippen LogP contribution in [0.15, 0.2) is 18.5 Å². The first-order valence-electron chi connectivity index (χ1n) is 6.93. The molecule has 0 aromatic carbocycles. The van der Waals surface area contributed by atoms with Crippen molar-refractivity contribution in [2.45, 2.75) is 52.8 Å². The van der Waals surface area contributed by atoms with Crippen molar-refractivity contribution in [1.29, 1.82) is 0 Å². The number of aliphatic hydroxyl groups is 1. The minimum atomic E-state index is -0.420. The van der Waals surface area contributed by atoms with Crippen LogP contribution in [0.3, 0.4) is 0 Å². The Kier molecular flexibility index (Phi) is 4.37. The standard InChI is InChI=1S/C14H22N4O/c1-4-12-7-13(18(6-3)16-12)10-17-9-11(8-15-17)14(19)5-2/h7-9,14,19H,4-6,10H2,1-3H3. The predicted octanol–water partition coefficient (Wildman–Crippen LogP) is 2.15. The summed E-state index contributed by atoms with van der Waals surface area (Å²) in [5.41, 5.74) is 3.14. The van der Waals surface area contributed by atoms with Gasteiger partial charge in [-0.15, -0.1) is 0 Å². The molecule has 0 aliphatic carbocycles. The second-order valence-corrected chi connectivity index (χ2v) is 4.69. The lowest BCUT2D eigenvalue weighted by Crippen LogP contribution is -2.08. The molecule has 0 amide bonds. The highest BCUT2D eigenvalue weighted by atomic mass is 16.3. The van der Waals surface area contributed by atoms with Crippen LogP contribution in [0.4, 0.5) is 0 Å². The summed E-state index contributed by atoms with van der Waals surface area (Å²) in [6.07, 6.45) is 4.88. The minimum absolute atomic E-state index is 0.420. The molecule has 0 aliphatic heterocycles. The summed E-state index contributed by atoms with van der Waals surface area (Å²) >= 11 is 0. The number of aromatic nitrogens is 4. The Labute approximate surface area is 113 Å². The molecule has 0 spiro atoms. The van der Waals surface area contributed by atoms with Crippen LogP contribution in [0.1, 0.15) is 50.2 Å². The van der Waals surface area contributed by atoms with E-state index < -0.39 is 6.10 Å². The van der Waals surface area contributed by atoms with Gasteiger partial charge in [0.2, 0.25) is 0 Å². The maximum atomic E-state index is 9.78. The zero-order valence-corrected chi connectivity index (χ0v) is 11.9. The first kappa shape index (κ1) is 13.8. The van der Waals surface area contributed by atoms with Crippen molar-refractivity contribution < 1.29 is 5.11 Å². The van der Waals surface area contributed by atoms with E-state index in [1.165, 1.54) is 0 Å². The summed E-state index contributed by atoms with van der Waals surface area (Å²) in [6.45, 7) is 7.71. The second-order valence-electron chi connectivity index (χ2n) is 4.69. The Hall–Kier alpha value is -1.62. The molecule has 2 aromatic heterocycles. The summed E-state index contributed by atoms with van der Waals surface area (Å²) in [5.74, 6) is 0. The maximum Gasteiger partial charge on any atom is 0.0828 e. The van der Waals surface area contributed by atoms with Crippen LogP contribution in [-0.2, 0) is 19.5 Å². The van der Waals surface area contributed by atoms with Crippen LogP contribution < -0.4 is 0 Å². The van der Waals surface area contributed by atoms with Crippen molar-refractivity contribution in [2.24, 2.45) is 0 Å². The predicted molar refractivity (Wildman–Crippen MR) is 73.9 cm³/mol. The van der Waals surface area contributed by atoms with Gasteiger partial charge in [0.05, 0.1) is 30.2 Å². The molecule has 0 fully saturated rings. The molecule has 0 saturated heterocycles. The molecule has 0 saturated carbocycles. The maximum absolute atomic E-state index is 9.78. The minimum Gasteiger partial charge on any atom is -0.388 e. The van der Waals surface area contributed by atoms with Crippen LogP contribution in [0, 0.1) is 0 Å². The van der Waals surface area contributed by atoms with E-state index in [4.69, 9.17) is 0 Å². The monoisotopic (exact) mass is 262 g/mol. The van der Waals surface area contributed by atoms with Gasteiger partial charge in [-0.1, -0.05) is 13.8 Å². The van der Waals surface area contributed by atoms with Crippen molar-refractivity contribution in [1.82, 2.24) is 19.6 Å². The van der Waals surface area contributed by atoms with Crippen LogP contribution in [0.5, 0.6) is 0 Å². The number of hydrogen-bond donors (Lipinski definition) is 1. The third kappa shape index (κ3) is 3.04. The normalized spacial score (nSPS) is 12.8. The fourth-order valence-corrected chi connectivity index (χ4v) is 2.13. The van der Waals surface area contributed by atoms with Gasteiger partial charge < -0.3 is 5.11 Å².